The van der Waals surface area contributed by atoms with Gasteiger partial charge in [-0.3, -0.25) is 0 Å². The van der Waals surface area contributed by atoms with E-state index in [0.29, 0.717) is 0 Å². The van der Waals surface area contributed by atoms with E-state index >= 15 is 0 Å². The smallest absolute Gasteiger partial charge is 0.0521 e. The van der Waals surface area contributed by atoms with Crippen LogP contribution in [0.5, 0.6) is 0 Å². The number of fused-ring (bicyclic) bond motifs is 1. The highest BCUT2D eigenvalue weighted by Gasteiger charge is 2.32. The Labute approximate surface area is 87.7 Å². The summed E-state index contributed by atoms with van der Waals surface area (Å²) in [5, 5.41) is 0. The monoisotopic (exact) mass is 356 g/mol. The Morgan fingerprint density at radius 3 is 1.70 bits per heavy atom. The van der Waals surface area contributed by atoms with Gasteiger partial charge in [0.2, 0.25) is 0 Å². The minimum Gasteiger partial charge on any atom is -0.0759 e. The molecule has 10 heavy (non-hydrogen) atoms. The third-order valence-corrected chi connectivity index (χ3v) is 6.00. The van der Waals surface area contributed by atoms with E-state index in [1.165, 1.54) is 11.1 Å². The molecule has 0 heterocycles. The molecular formula is C8H6I2. The van der Waals surface area contributed by atoms with Crippen molar-refractivity contribution in [3.63, 3.8) is 0 Å². The lowest BCUT2D eigenvalue weighted by Crippen LogP contribution is -2.13. The molecule has 0 fully saturated rings. The number of hydrogen-bond acceptors (Lipinski definition) is 0. The Balaban J connectivity index is 2.50. The lowest BCUT2D eigenvalue weighted by atomic mass is 9.89. The number of rotatable bonds is 0. The van der Waals surface area contributed by atoms with Gasteiger partial charge in [0.25, 0.3) is 0 Å². The molecule has 52 valence electrons. The van der Waals surface area contributed by atoms with Crippen molar-refractivity contribution in [1.29, 1.82) is 0 Å². The molecule has 0 saturated carbocycles. The average Bonchev–Trinajstić information content (AvgIpc) is 2.03. The molecule has 1 aromatic rings. The molecule has 0 nitrogen and oxygen atoms in total. The molecule has 2 atom stereocenters. The Kier molecular flexibility index (Phi) is 1.92. The van der Waals surface area contributed by atoms with Crippen LogP contribution >= 0.6 is 45.2 Å². The van der Waals surface area contributed by atoms with Crippen LogP contribution in [0, 0.1) is 0 Å². The highest BCUT2D eigenvalue weighted by molar-refractivity contribution is 14.1. The van der Waals surface area contributed by atoms with Crippen molar-refractivity contribution in [3.8, 4) is 0 Å². The van der Waals surface area contributed by atoms with Crippen molar-refractivity contribution < 1.29 is 0 Å². The van der Waals surface area contributed by atoms with Crippen molar-refractivity contribution in [3.05, 3.63) is 35.4 Å². The molecule has 1 aliphatic carbocycles. The van der Waals surface area contributed by atoms with E-state index in [2.05, 4.69) is 69.4 Å². The molecule has 0 amide bonds. The summed E-state index contributed by atoms with van der Waals surface area (Å²) in [5.41, 5.74) is 3.06. The second-order valence-corrected chi connectivity index (χ2v) is 5.12. The van der Waals surface area contributed by atoms with E-state index in [0.717, 1.165) is 7.85 Å². The summed E-state index contributed by atoms with van der Waals surface area (Å²) < 4.78 is 1.49. The molecule has 0 spiro atoms. The van der Waals surface area contributed by atoms with Crippen LogP contribution in [0.3, 0.4) is 0 Å². The maximum atomic E-state index is 2.50. The van der Waals surface area contributed by atoms with E-state index in [1.54, 1.807) is 0 Å². The van der Waals surface area contributed by atoms with Crippen LogP contribution < -0.4 is 0 Å². The van der Waals surface area contributed by atoms with Gasteiger partial charge in [-0.15, -0.1) is 0 Å². The van der Waals surface area contributed by atoms with E-state index in [4.69, 9.17) is 0 Å². The molecule has 2 rings (SSSR count). The highest BCUT2D eigenvalue weighted by Crippen LogP contribution is 2.54. The topological polar surface area (TPSA) is 0 Å². The molecule has 0 radical (unpaired) electrons. The summed E-state index contributed by atoms with van der Waals surface area (Å²) in [6.45, 7) is 0. The second kappa shape index (κ2) is 2.62. The van der Waals surface area contributed by atoms with Gasteiger partial charge in [-0.25, -0.2) is 0 Å². The SMILES string of the molecule is IC1c2ccccc2C1I. The maximum absolute atomic E-state index is 2.50. The molecule has 2 unspecified atom stereocenters. The van der Waals surface area contributed by atoms with Crippen molar-refractivity contribution in [2.24, 2.45) is 0 Å². The van der Waals surface area contributed by atoms with Gasteiger partial charge >= 0.3 is 0 Å². The molecular weight excluding hydrogens is 350 g/mol. The number of halogens is 2. The molecule has 0 bridgehead atoms. The molecule has 0 aliphatic heterocycles. The Morgan fingerprint density at radius 2 is 1.30 bits per heavy atom. The summed E-state index contributed by atoms with van der Waals surface area (Å²) in [5.74, 6) is 0. The van der Waals surface area contributed by atoms with Crippen molar-refractivity contribution in [2.75, 3.05) is 0 Å². The Hall–Kier alpha value is 0.680. The molecule has 1 aliphatic rings. The van der Waals surface area contributed by atoms with Gasteiger partial charge in [0.1, 0.15) is 0 Å². The van der Waals surface area contributed by atoms with Crippen molar-refractivity contribution >= 4 is 45.2 Å². The van der Waals surface area contributed by atoms with Crippen LogP contribution in [0.1, 0.15) is 19.0 Å². The lowest BCUT2D eigenvalue weighted by Gasteiger charge is -2.31. The zero-order valence-corrected chi connectivity index (χ0v) is 9.54. The quantitative estimate of drug-likeness (QED) is 0.492. The Bertz CT molecular complexity index is 230. The maximum Gasteiger partial charge on any atom is 0.0521 e. The van der Waals surface area contributed by atoms with E-state index in [-0.39, 0.29) is 0 Å². The fourth-order valence-electron chi connectivity index (χ4n) is 1.23. The Morgan fingerprint density at radius 1 is 0.900 bits per heavy atom. The molecule has 0 aromatic heterocycles. The first-order chi connectivity index (χ1) is 4.80. The first kappa shape index (κ1) is 7.34. The van der Waals surface area contributed by atoms with Gasteiger partial charge in [0, 0.05) is 0 Å². The van der Waals surface area contributed by atoms with Crippen LogP contribution in [0.15, 0.2) is 24.3 Å². The first-order valence-corrected chi connectivity index (χ1v) is 5.67. The van der Waals surface area contributed by atoms with Crippen LogP contribution in [-0.4, -0.2) is 0 Å². The van der Waals surface area contributed by atoms with E-state index < -0.39 is 0 Å². The van der Waals surface area contributed by atoms with Gasteiger partial charge in [-0.1, -0.05) is 69.4 Å². The minimum absolute atomic E-state index is 0.745. The first-order valence-electron chi connectivity index (χ1n) is 3.17. The summed E-state index contributed by atoms with van der Waals surface area (Å²) in [6.07, 6.45) is 0. The summed E-state index contributed by atoms with van der Waals surface area (Å²) in [6, 6.07) is 8.68. The van der Waals surface area contributed by atoms with Gasteiger partial charge in [-0.05, 0) is 11.1 Å². The molecule has 0 N–H and O–H groups in total. The molecule has 1 aromatic carbocycles. The molecule has 2 heteroatoms. The predicted octanol–water partition coefficient (Wildman–Crippen LogP) is 3.65. The molecule has 0 saturated heterocycles. The summed E-state index contributed by atoms with van der Waals surface area (Å²) in [7, 11) is 0. The minimum atomic E-state index is 0.745. The van der Waals surface area contributed by atoms with Crippen LogP contribution in [-0.2, 0) is 0 Å². The zero-order valence-electron chi connectivity index (χ0n) is 5.22. The fraction of sp³-hybridized carbons (Fsp3) is 0.250. The van der Waals surface area contributed by atoms with E-state index in [9.17, 15) is 0 Å². The van der Waals surface area contributed by atoms with Crippen LogP contribution in [0.25, 0.3) is 0 Å². The average molecular weight is 356 g/mol. The van der Waals surface area contributed by atoms with Crippen molar-refractivity contribution in [2.45, 2.75) is 7.85 Å². The number of alkyl halides is 2. The highest BCUT2D eigenvalue weighted by atomic mass is 127. The number of benzene rings is 1. The van der Waals surface area contributed by atoms with Gasteiger partial charge in [0.05, 0.1) is 7.85 Å². The van der Waals surface area contributed by atoms with Gasteiger partial charge in [-0.2, -0.15) is 0 Å². The summed E-state index contributed by atoms with van der Waals surface area (Å²) >= 11 is 5.01. The van der Waals surface area contributed by atoms with Gasteiger partial charge < -0.3 is 0 Å². The largest absolute Gasteiger partial charge is 0.0759 e. The normalized spacial score (nSPS) is 29.0. The second-order valence-electron chi connectivity index (χ2n) is 2.43. The summed E-state index contributed by atoms with van der Waals surface area (Å²) in [4.78, 5) is 0. The van der Waals surface area contributed by atoms with Crippen molar-refractivity contribution in [1.82, 2.24) is 0 Å². The fourth-order valence-corrected chi connectivity index (χ4v) is 3.14. The third kappa shape index (κ3) is 0.913. The zero-order chi connectivity index (χ0) is 7.14. The third-order valence-electron chi connectivity index (χ3n) is 1.85. The number of hydrogen-bond donors (Lipinski definition) is 0. The van der Waals surface area contributed by atoms with Crippen LogP contribution in [0.2, 0.25) is 0 Å². The van der Waals surface area contributed by atoms with E-state index in [1.807, 2.05) is 0 Å². The van der Waals surface area contributed by atoms with Crippen LogP contribution in [0.4, 0.5) is 0 Å². The standard InChI is InChI=1S/C8H6I2/c9-7-5-3-1-2-4-6(5)8(7)10/h1-4,7-8H. The predicted molar refractivity (Wildman–Crippen MR) is 60.0 cm³/mol. The van der Waals surface area contributed by atoms with Gasteiger partial charge in [0.15, 0.2) is 0 Å². The lowest BCUT2D eigenvalue weighted by molar-refractivity contribution is 0.852.